The molecule has 3 heteroatoms. The molecule has 0 radical (unpaired) electrons. The summed E-state index contributed by atoms with van der Waals surface area (Å²) >= 11 is 0. The molecular weight excluding hydrogens is 236 g/mol. The molecule has 0 aromatic heterocycles. The Morgan fingerprint density at radius 1 is 1.32 bits per heavy atom. The van der Waals surface area contributed by atoms with E-state index < -0.39 is 0 Å². The van der Waals surface area contributed by atoms with E-state index in [9.17, 15) is 0 Å². The Labute approximate surface area is 116 Å². The van der Waals surface area contributed by atoms with Gasteiger partial charge in [-0.15, -0.1) is 0 Å². The van der Waals surface area contributed by atoms with E-state index >= 15 is 0 Å². The van der Waals surface area contributed by atoms with Gasteiger partial charge >= 0.3 is 0 Å². The van der Waals surface area contributed by atoms with Crippen LogP contribution in [0, 0.1) is 5.41 Å². The Hall–Kier alpha value is -0.900. The van der Waals surface area contributed by atoms with E-state index in [0.29, 0.717) is 12.6 Å². The third-order valence-corrected chi connectivity index (χ3v) is 3.74. The second-order valence-electron chi connectivity index (χ2n) is 6.31. The minimum atomic E-state index is 0.0901. The van der Waals surface area contributed by atoms with Gasteiger partial charge in [-0.1, -0.05) is 44.2 Å². The van der Waals surface area contributed by atoms with Crippen molar-refractivity contribution in [2.75, 3.05) is 26.2 Å². The maximum atomic E-state index is 6.00. The number of rotatable bonds is 6. The molecule has 1 atom stereocenters. The molecule has 0 aliphatic carbocycles. The summed E-state index contributed by atoms with van der Waals surface area (Å²) < 4.78 is 6.00. The van der Waals surface area contributed by atoms with Crippen LogP contribution >= 0.6 is 0 Å². The average molecular weight is 262 g/mol. The first-order chi connectivity index (χ1) is 9.09. The highest BCUT2D eigenvalue weighted by atomic mass is 16.5. The van der Waals surface area contributed by atoms with Gasteiger partial charge in [0, 0.05) is 25.0 Å². The quantitative estimate of drug-likeness (QED) is 0.854. The third-order valence-electron chi connectivity index (χ3n) is 3.74. The maximum Gasteiger partial charge on any atom is 0.0714 e. The number of hydrogen-bond acceptors (Lipinski definition) is 3. The predicted molar refractivity (Wildman–Crippen MR) is 78.9 cm³/mol. The number of hydrogen-bond donors (Lipinski definition) is 1. The van der Waals surface area contributed by atoms with Crippen molar-refractivity contribution in [2.45, 2.75) is 32.9 Å². The second-order valence-corrected chi connectivity index (χ2v) is 6.31. The largest absolute Gasteiger partial charge is 0.376 e. The summed E-state index contributed by atoms with van der Waals surface area (Å²) in [7, 11) is 0. The van der Waals surface area contributed by atoms with Gasteiger partial charge in [-0.3, -0.25) is 4.90 Å². The lowest BCUT2D eigenvalue weighted by Gasteiger charge is -2.24. The molecule has 1 heterocycles. The topological polar surface area (TPSA) is 38.5 Å². The van der Waals surface area contributed by atoms with E-state index in [1.165, 1.54) is 5.56 Å². The number of ether oxygens (including phenoxy) is 1. The summed E-state index contributed by atoms with van der Waals surface area (Å²) in [4.78, 5) is 2.47. The van der Waals surface area contributed by atoms with E-state index in [2.05, 4.69) is 49.1 Å². The summed E-state index contributed by atoms with van der Waals surface area (Å²) in [6.45, 7) is 8.94. The zero-order chi connectivity index (χ0) is 13.7. The van der Waals surface area contributed by atoms with Gasteiger partial charge in [0.25, 0.3) is 0 Å². The van der Waals surface area contributed by atoms with Crippen molar-refractivity contribution < 1.29 is 4.74 Å². The van der Waals surface area contributed by atoms with E-state index in [0.717, 1.165) is 32.7 Å². The lowest BCUT2D eigenvalue weighted by Crippen LogP contribution is -2.32. The van der Waals surface area contributed by atoms with Crippen LogP contribution in [-0.4, -0.2) is 37.2 Å². The Morgan fingerprint density at radius 2 is 2.05 bits per heavy atom. The van der Waals surface area contributed by atoms with Crippen molar-refractivity contribution in [3.63, 3.8) is 0 Å². The number of likely N-dealkylation sites (tertiary alicyclic amines) is 1. The van der Waals surface area contributed by atoms with Gasteiger partial charge in [0.05, 0.1) is 12.7 Å². The molecule has 2 rings (SSSR count). The van der Waals surface area contributed by atoms with Crippen LogP contribution in [0.15, 0.2) is 30.3 Å². The van der Waals surface area contributed by atoms with E-state index in [1.54, 1.807) is 0 Å². The van der Waals surface area contributed by atoms with Crippen molar-refractivity contribution in [1.82, 2.24) is 4.90 Å². The first-order valence-corrected chi connectivity index (χ1v) is 7.17. The minimum absolute atomic E-state index is 0.0901. The molecule has 1 unspecified atom stereocenters. The van der Waals surface area contributed by atoms with Crippen molar-refractivity contribution in [3.8, 4) is 0 Å². The number of nitrogens with zero attached hydrogens (tertiary/aromatic N) is 1. The van der Waals surface area contributed by atoms with E-state index in [4.69, 9.17) is 10.5 Å². The van der Waals surface area contributed by atoms with Crippen molar-refractivity contribution in [2.24, 2.45) is 11.1 Å². The molecule has 3 nitrogen and oxygen atoms in total. The molecule has 106 valence electrons. The minimum Gasteiger partial charge on any atom is -0.376 e. The molecule has 1 saturated heterocycles. The van der Waals surface area contributed by atoms with Crippen LogP contribution in [0.4, 0.5) is 0 Å². The lowest BCUT2D eigenvalue weighted by atomic mass is 9.95. The van der Waals surface area contributed by atoms with Crippen molar-refractivity contribution in [3.05, 3.63) is 35.9 Å². The molecule has 1 aliphatic heterocycles. The summed E-state index contributed by atoms with van der Waals surface area (Å²) in [6.07, 6.45) is 1.50. The highest BCUT2D eigenvalue weighted by Crippen LogP contribution is 2.19. The fraction of sp³-hybridized carbons (Fsp3) is 0.625. The van der Waals surface area contributed by atoms with Gasteiger partial charge in [0.2, 0.25) is 0 Å². The van der Waals surface area contributed by atoms with Crippen molar-refractivity contribution >= 4 is 0 Å². The first kappa shape index (κ1) is 14.5. The van der Waals surface area contributed by atoms with Gasteiger partial charge < -0.3 is 10.5 Å². The number of nitrogens with two attached hydrogens (primary N) is 1. The monoisotopic (exact) mass is 262 g/mol. The van der Waals surface area contributed by atoms with E-state index in [1.807, 2.05) is 0 Å². The summed E-state index contributed by atoms with van der Waals surface area (Å²) in [5, 5.41) is 0. The van der Waals surface area contributed by atoms with Crippen LogP contribution in [0.1, 0.15) is 25.8 Å². The summed E-state index contributed by atoms with van der Waals surface area (Å²) in [5.41, 5.74) is 7.20. The van der Waals surface area contributed by atoms with Crippen LogP contribution in [0.25, 0.3) is 0 Å². The Morgan fingerprint density at radius 3 is 2.74 bits per heavy atom. The Balaban J connectivity index is 1.74. The SMILES string of the molecule is CC(C)(CN)COC1CCN(Cc2ccccc2)C1. The molecule has 1 aromatic rings. The molecular formula is C16H26N2O. The van der Waals surface area contributed by atoms with Gasteiger partial charge in [0.1, 0.15) is 0 Å². The first-order valence-electron chi connectivity index (χ1n) is 7.17. The fourth-order valence-corrected chi connectivity index (χ4v) is 2.32. The Kier molecular flexibility index (Phi) is 4.97. The molecule has 1 aromatic carbocycles. The molecule has 0 spiro atoms. The van der Waals surface area contributed by atoms with Gasteiger partial charge in [-0.05, 0) is 18.5 Å². The smallest absolute Gasteiger partial charge is 0.0714 e. The van der Waals surface area contributed by atoms with Gasteiger partial charge in [-0.25, -0.2) is 0 Å². The zero-order valence-electron chi connectivity index (χ0n) is 12.1. The lowest BCUT2D eigenvalue weighted by molar-refractivity contribution is 0.0107. The molecule has 0 bridgehead atoms. The predicted octanol–water partition coefficient (Wildman–Crippen LogP) is 2.26. The average Bonchev–Trinajstić information content (AvgIpc) is 2.86. The van der Waals surface area contributed by atoms with E-state index in [-0.39, 0.29) is 5.41 Å². The standard InChI is InChI=1S/C16H26N2O/c1-16(2,12-17)13-19-15-8-9-18(11-15)10-14-6-4-3-5-7-14/h3-7,15H,8-13,17H2,1-2H3. The summed E-state index contributed by atoms with van der Waals surface area (Å²) in [5.74, 6) is 0. The second kappa shape index (κ2) is 6.51. The van der Waals surface area contributed by atoms with Gasteiger partial charge in [0.15, 0.2) is 0 Å². The van der Waals surface area contributed by atoms with Crippen molar-refractivity contribution in [1.29, 1.82) is 0 Å². The van der Waals surface area contributed by atoms with Gasteiger partial charge in [-0.2, -0.15) is 0 Å². The molecule has 1 fully saturated rings. The van der Waals surface area contributed by atoms with Crippen LogP contribution < -0.4 is 5.73 Å². The molecule has 1 aliphatic rings. The zero-order valence-corrected chi connectivity index (χ0v) is 12.1. The molecule has 0 saturated carbocycles. The van der Waals surface area contributed by atoms with Crippen LogP contribution in [0.2, 0.25) is 0 Å². The fourth-order valence-electron chi connectivity index (χ4n) is 2.32. The van der Waals surface area contributed by atoms with Crippen LogP contribution in [-0.2, 0) is 11.3 Å². The maximum absolute atomic E-state index is 6.00. The third kappa shape index (κ3) is 4.60. The molecule has 19 heavy (non-hydrogen) atoms. The molecule has 2 N–H and O–H groups in total. The number of benzene rings is 1. The van der Waals surface area contributed by atoms with Crippen LogP contribution in [0.5, 0.6) is 0 Å². The summed E-state index contributed by atoms with van der Waals surface area (Å²) in [6, 6.07) is 10.6. The normalized spacial score (nSPS) is 20.9. The highest BCUT2D eigenvalue weighted by molar-refractivity contribution is 5.14. The molecule has 0 amide bonds. The van der Waals surface area contributed by atoms with Crippen LogP contribution in [0.3, 0.4) is 0 Å². The Bertz CT molecular complexity index is 378. The highest BCUT2D eigenvalue weighted by Gasteiger charge is 2.25.